The van der Waals surface area contributed by atoms with Crippen molar-refractivity contribution in [3.63, 3.8) is 0 Å². The fourth-order valence-corrected chi connectivity index (χ4v) is 2.96. The molecule has 0 bridgehead atoms. The number of amides is 2. The second-order valence-electron chi connectivity index (χ2n) is 6.88. The molecule has 0 radical (unpaired) electrons. The van der Waals surface area contributed by atoms with Crippen LogP contribution in [0.3, 0.4) is 0 Å². The Hall–Kier alpha value is -2.08. The Morgan fingerprint density at radius 2 is 2.00 bits per heavy atom. The monoisotopic (exact) mass is 347 g/mol. The number of carbonyl (C=O) groups is 2. The molecule has 25 heavy (non-hydrogen) atoms. The third-order valence-electron chi connectivity index (χ3n) is 4.55. The van der Waals surface area contributed by atoms with Gasteiger partial charge in [-0.2, -0.15) is 0 Å². The van der Waals surface area contributed by atoms with E-state index in [1.165, 1.54) is 0 Å². The number of piperidine rings is 1. The lowest BCUT2D eigenvalue weighted by Crippen LogP contribution is -2.51. The topological polar surface area (TPSA) is 79.5 Å². The summed E-state index contributed by atoms with van der Waals surface area (Å²) in [5, 5.41) is 9.19. The summed E-state index contributed by atoms with van der Waals surface area (Å²) in [6.45, 7) is 6.50. The zero-order valence-corrected chi connectivity index (χ0v) is 15.3. The van der Waals surface area contributed by atoms with Crippen LogP contribution in [-0.2, 0) is 4.79 Å². The average Bonchev–Trinajstić information content (AvgIpc) is 2.64. The summed E-state index contributed by atoms with van der Waals surface area (Å²) in [6.07, 6.45) is 2.26. The summed E-state index contributed by atoms with van der Waals surface area (Å²) >= 11 is 0. The predicted octanol–water partition coefficient (Wildman–Crippen LogP) is 1.57. The highest BCUT2D eigenvalue weighted by molar-refractivity contribution is 5.97. The van der Waals surface area contributed by atoms with E-state index in [0.717, 1.165) is 25.9 Å². The molecule has 2 atom stereocenters. The third-order valence-corrected chi connectivity index (χ3v) is 4.55. The molecule has 6 nitrogen and oxygen atoms in total. The largest absolute Gasteiger partial charge is 0.497 e. The van der Waals surface area contributed by atoms with E-state index in [1.54, 1.807) is 31.4 Å². The Labute approximate surface area is 149 Å². The Kier molecular flexibility index (Phi) is 7.25. The number of methoxy groups -OCH3 is 1. The molecule has 1 aromatic rings. The Bertz CT molecular complexity index is 566. The highest BCUT2D eigenvalue weighted by atomic mass is 16.5. The lowest BCUT2D eigenvalue weighted by Gasteiger charge is -2.26. The molecule has 0 spiro atoms. The second-order valence-corrected chi connectivity index (χ2v) is 6.88. The van der Waals surface area contributed by atoms with Crippen molar-refractivity contribution in [1.29, 1.82) is 0 Å². The van der Waals surface area contributed by atoms with Gasteiger partial charge in [-0.05, 0) is 62.0 Å². The molecule has 1 aromatic carbocycles. The lowest BCUT2D eigenvalue weighted by atomic mass is 9.98. The fourth-order valence-electron chi connectivity index (χ4n) is 2.96. The maximum atomic E-state index is 12.5. The van der Waals surface area contributed by atoms with Gasteiger partial charge in [0.2, 0.25) is 5.91 Å². The third kappa shape index (κ3) is 5.74. The van der Waals surface area contributed by atoms with Gasteiger partial charge in [0.1, 0.15) is 11.8 Å². The highest BCUT2D eigenvalue weighted by Gasteiger charge is 2.25. The van der Waals surface area contributed by atoms with Gasteiger partial charge in [-0.3, -0.25) is 9.59 Å². The SMILES string of the molecule is COc1ccc(C(=O)NC(C(=O)NCC2CCCNC2)C(C)C)cc1. The van der Waals surface area contributed by atoms with E-state index >= 15 is 0 Å². The van der Waals surface area contributed by atoms with E-state index in [1.807, 2.05) is 13.8 Å². The number of rotatable bonds is 7. The molecule has 0 aliphatic carbocycles. The van der Waals surface area contributed by atoms with Gasteiger partial charge in [0.15, 0.2) is 0 Å². The van der Waals surface area contributed by atoms with Crippen LogP contribution in [0.1, 0.15) is 37.0 Å². The van der Waals surface area contributed by atoms with Crippen LogP contribution < -0.4 is 20.7 Å². The van der Waals surface area contributed by atoms with Crippen LogP contribution in [0.15, 0.2) is 24.3 Å². The molecule has 2 rings (SSSR count). The van der Waals surface area contributed by atoms with E-state index in [4.69, 9.17) is 4.74 Å². The quantitative estimate of drug-likeness (QED) is 0.699. The highest BCUT2D eigenvalue weighted by Crippen LogP contribution is 2.13. The lowest BCUT2D eigenvalue weighted by molar-refractivity contribution is -0.124. The molecule has 138 valence electrons. The Morgan fingerprint density at radius 3 is 2.56 bits per heavy atom. The van der Waals surface area contributed by atoms with Crippen molar-refractivity contribution in [2.24, 2.45) is 11.8 Å². The molecule has 1 fully saturated rings. The second kappa shape index (κ2) is 9.42. The summed E-state index contributed by atoms with van der Waals surface area (Å²) in [5.41, 5.74) is 0.510. The molecule has 1 aliphatic rings. The van der Waals surface area contributed by atoms with Crippen LogP contribution >= 0.6 is 0 Å². The van der Waals surface area contributed by atoms with Crippen molar-refractivity contribution in [1.82, 2.24) is 16.0 Å². The van der Waals surface area contributed by atoms with Crippen LogP contribution in [-0.4, -0.2) is 44.6 Å². The molecule has 2 amide bonds. The van der Waals surface area contributed by atoms with E-state index in [0.29, 0.717) is 23.8 Å². The van der Waals surface area contributed by atoms with Crippen LogP contribution in [0.5, 0.6) is 5.75 Å². The molecular formula is C19H29N3O3. The summed E-state index contributed by atoms with van der Waals surface area (Å²) in [7, 11) is 1.58. The molecule has 1 saturated heterocycles. The average molecular weight is 347 g/mol. The van der Waals surface area contributed by atoms with E-state index < -0.39 is 6.04 Å². The summed E-state index contributed by atoms with van der Waals surface area (Å²) in [4.78, 5) is 25.0. The first-order chi connectivity index (χ1) is 12.0. The number of ether oxygens (including phenoxy) is 1. The Balaban J connectivity index is 1.91. The number of carbonyl (C=O) groups excluding carboxylic acids is 2. The van der Waals surface area contributed by atoms with Gasteiger partial charge in [0.25, 0.3) is 5.91 Å². The van der Waals surface area contributed by atoms with Crippen LogP contribution in [0.25, 0.3) is 0 Å². The number of hydrogen-bond acceptors (Lipinski definition) is 4. The van der Waals surface area contributed by atoms with Gasteiger partial charge in [-0.1, -0.05) is 13.8 Å². The first kappa shape index (κ1) is 19.2. The number of hydrogen-bond donors (Lipinski definition) is 3. The molecule has 6 heteroatoms. The summed E-state index contributed by atoms with van der Waals surface area (Å²) in [5.74, 6) is 0.781. The van der Waals surface area contributed by atoms with Crippen molar-refractivity contribution >= 4 is 11.8 Å². The maximum Gasteiger partial charge on any atom is 0.251 e. The molecule has 2 unspecified atom stereocenters. The van der Waals surface area contributed by atoms with Gasteiger partial charge in [-0.15, -0.1) is 0 Å². The number of nitrogens with one attached hydrogen (secondary N) is 3. The summed E-state index contributed by atoms with van der Waals surface area (Å²) < 4.78 is 5.10. The van der Waals surface area contributed by atoms with Crippen LogP contribution in [0.4, 0.5) is 0 Å². The predicted molar refractivity (Wildman–Crippen MR) is 97.7 cm³/mol. The van der Waals surface area contributed by atoms with Gasteiger partial charge >= 0.3 is 0 Å². The zero-order chi connectivity index (χ0) is 18.2. The van der Waals surface area contributed by atoms with Gasteiger partial charge in [0.05, 0.1) is 7.11 Å². The molecule has 1 aliphatic heterocycles. The minimum absolute atomic E-state index is 0.00618. The molecular weight excluding hydrogens is 318 g/mol. The van der Waals surface area contributed by atoms with Crippen molar-refractivity contribution in [3.8, 4) is 5.75 Å². The fraction of sp³-hybridized carbons (Fsp3) is 0.579. The first-order valence-corrected chi connectivity index (χ1v) is 8.94. The van der Waals surface area contributed by atoms with Gasteiger partial charge < -0.3 is 20.7 Å². The van der Waals surface area contributed by atoms with Crippen LogP contribution in [0.2, 0.25) is 0 Å². The van der Waals surface area contributed by atoms with Crippen molar-refractivity contribution in [2.45, 2.75) is 32.7 Å². The first-order valence-electron chi connectivity index (χ1n) is 8.94. The van der Waals surface area contributed by atoms with Crippen molar-refractivity contribution in [2.75, 3.05) is 26.7 Å². The standard InChI is InChI=1S/C19H29N3O3/c1-13(2)17(19(24)21-12-14-5-4-10-20-11-14)22-18(23)15-6-8-16(25-3)9-7-15/h6-9,13-14,17,20H,4-5,10-12H2,1-3H3,(H,21,24)(H,22,23). The van der Waals surface area contributed by atoms with Gasteiger partial charge in [-0.25, -0.2) is 0 Å². The zero-order valence-electron chi connectivity index (χ0n) is 15.3. The van der Waals surface area contributed by atoms with Crippen molar-refractivity contribution in [3.05, 3.63) is 29.8 Å². The van der Waals surface area contributed by atoms with E-state index in [-0.39, 0.29) is 17.7 Å². The van der Waals surface area contributed by atoms with E-state index in [2.05, 4.69) is 16.0 Å². The number of benzene rings is 1. The molecule has 1 heterocycles. The minimum atomic E-state index is -0.550. The smallest absolute Gasteiger partial charge is 0.251 e. The maximum absolute atomic E-state index is 12.5. The van der Waals surface area contributed by atoms with Crippen LogP contribution in [0, 0.1) is 11.8 Å². The van der Waals surface area contributed by atoms with Crippen molar-refractivity contribution < 1.29 is 14.3 Å². The van der Waals surface area contributed by atoms with E-state index in [9.17, 15) is 9.59 Å². The minimum Gasteiger partial charge on any atom is -0.497 e. The normalized spacial score (nSPS) is 18.5. The van der Waals surface area contributed by atoms with Gasteiger partial charge in [0, 0.05) is 12.1 Å². The molecule has 3 N–H and O–H groups in total. The summed E-state index contributed by atoms with van der Waals surface area (Å²) in [6, 6.07) is 6.30. The molecule has 0 saturated carbocycles. The molecule has 0 aromatic heterocycles. The Morgan fingerprint density at radius 1 is 1.28 bits per heavy atom.